The Morgan fingerprint density at radius 1 is 1.38 bits per heavy atom. The largest absolute Gasteiger partial charge is 0.375 e. The van der Waals surface area contributed by atoms with Crippen LogP contribution in [0.25, 0.3) is 0 Å². The minimum absolute atomic E-state index is 0.305. The monoisotopic (exact) mass is 282 g/mol. The Morgan fingerprint density at radius 2 is 2.19 bits per heavy atom. The molecule has 2 aromatic rings. The first-order valence-corrected chi connectivity index (χ1v) is 6.59. The predicted molar refractivity (Wildman–Crippen MR) is 76.9 cm³/mol. The minimum atomic E-state index is -1.83. The summed E-state index contributed by atoms with van der Waals surface area (Å²) in [6.45, 7) is 1.87. The number of pyridine rings is 1. The molecule has 0 bridgehead atoms. The van der Waals surface area contributed by atoms with Gasteiger partial charge in [-0.3, -0.25) is 14.6 Å². The van der Waals surface area contributed by atoms with Crippen LogP contribution in [0.4, 0.5) is 5.69 Å². The number of carbonyl (C=O) groups is 2. The predicted octanol–water partition coefficient (Wildman–Crippen LogP) is 1.80. The Bertz CT molecular complexity index is 728. The molecule has 0 radical (unpaired) electrons. The first-order chi connectivity index (χ1) is 10.0. The van der Waals surface area contributed by atoms with Gasteiger partial charge in [-0.2, -0.15) is 0 Å². The minimum Gasteiger partial charge on any atom is -0.375 e. The second-order valence-corrected chi connectivity index (χ2v) is 5.21. The van der Waals surface area contributed by atoms with E-state index in [1.807, 2.05) is 13.0 Å². The van der Waals surface area contributed by atoms with E-state index in [0.29, 0.717) is 16.8 Å². The fourth-order valence-electron chi connectivity index (χ4n) is 2.49. The zero-order valence-electron chi connectivity index (χ0n) is 11.5. The number of ketones is 1. The van der Waals surface area contributed by atoms with Gasteiger partial charge in [-0.25, -0.2) is 0 Å². The molecular weight excluding hydrogens is 268 g/mol. The third kappa shape index (κ3) is 2.21. The van der Waals surface area contributed by atoms with E-state index in [1.165, 1.54) is 6.20 Å². The highest BCUT2D eigenvalue weighted by Gasteiger charge is 2.46. The Morgan fingerprint density at radius 3 is 2.90 bits per heavy atom. The summed E-state index contributed by atoms with van der Waals surface area (Å²) >= 11 is 0. The van der Waals surface area contributed by atoms with Crippen LogP contribution in [0.3, 0.4) is 0 Å². The number of benzene rings is 1. The lowest BCUT2D eigenvalue weighted by atomic mass is 9.87. The first-order valence-electron chi connectivity index (χ1n) is 6.59. The third-order valence-electron chi connectivity index (χ3n) is 3.64. The number of fused-ring (bicyclic) bond motifs is 1. The molecule has 1 aliphatic rings. The summed E-state index contributed by atoms with van der Waals surface area (Å²) in [6, 6.07) is 8.55. The lowest BCUT2D eigenvalue weighted by Gasteiger charge is -2.20. The molecule has 1 aromatic heterocycles. The van der Waals surface area contributed by atoms with Gasteiger partial charge < -0.3 is 10.4 Å². The van der Waals surface area contributed by atoms with Gasteiger partial charge in [-0.15, -0.1) is 0 Å². The number of nitrogens with one attached hydrogen (secondary N) is 1. The van der Waals surface area contributed by atoms with Gasteiger partial charge in [-0.1, -0.05) is 17.7 Å². The summed E-state index contributed by atoms with van der Waals surface area (Å²) in [7, 11) is 0. The fraction of sp³-hybridized carbons (Fsp3) is 0.188. The third-order valence-corrected chi connectivity index (χ3v) is 3.64. The van der Waals surface area contributed by atoms with Gasteiger partial charge in [0, 0.05) is 29.2 Å². The lowest BCUT2D eigenvalue weighted by molar-refractivity contribution is -0.133. The van der Waals surface area contributed by atoms with Crippen molar-refractivity contribution >= 4 is 17.4 Å². The number of aryl methyl sites for hydroxylation is 1. The van der Waals surface area contributed by atoms with E-state index in [2.05, 4.69) is 10.3 Å². The van der Waals surface area contributed by atoms with Gasteiger partial charge in [0.25, 0.3) is 5.91 Å². The first kappa shape index (κ1) is 13.5. The second-order valence-electron chi connectivity index (χ2n) is 5.21. The van der Waals surface area contributed by atoms with Gasteiger partial charge >= 0.3 is 0 Å². The number of hydrogen-bond donors (Lipinski definition) is 2. The summed E-state index contributed by atoms with van der Waals surface area (Å²) in [5, 5.41) is 13.3. The van der Waals surface area contributed by atoms with Crippen molar-refractivity contribution in [3.05, 3.63) is 59.4 Å². The summed E-state index contributed by atoms with van der Waals surface area (Å²) in [5.74, 6) is -0.893. The number of nitrogens with zero attached hydrogens (tertiary/aromatic N) is 1. The van der Waals surface area contributed by atoms with Gasteiger partial charge in [0.2, 0.25) is 0 Å². The Hall–Kier alpha value is -2.53. The van der Waals surface area contributed by atoms with E-state index in [4.69, 9.17) is 0 Å². The molecule has 1 aromatic carbocycles. The van der Waals surface area contributed by atoms with Crippen LogP contribution in [0.15, 0.2) is 42.7 Å². The highest BCUT2D eigenvalue weighted by atomic mass is 16.3. The fourth-order valence-corrected chi connectivity index (χ4v) is 2.49. The van der Waals surface area contributed by atoms with Gasteiger partial charge in [0.15, 0.2) is 11.4 Å². The van der Waals surface area contributed by atoms with Crippen LogP contribution >= 0.6 is 0 Å². The zero-order valence-corrected chi connectivity index (χ0v) is 11.5. The summed E-state index contributed by atoms with van der Waals surface area (Å²) in [4.78, 5) is 28.2. The van der Waals surface area contributed by atoms with Crippen molar-refractivity contribution in [3.8, 4) is 0 Å². The lowest BCUT2D eigenvalue weighted by Crippen LogP contribution is -2.36. The number of aromatic nitrogens is 1. The van der Waals surface area contributed by atoms with Crippen LogP contribution in [-0.2, 0) is 10.4 Å². The number of anilines is 1. The Labute approximate surface area is 121 Å². The summed E-state index contributed by atoms with van der Waals surface area (Å²) in [5.41, 5.74) is 0.461. The van der Waals surface area contributed by atoms with E-state index >= 15 is 0 Å². The van der Waals surface area contributed by atoms with Crippen LogP contribution in [0.1, 0.15) is 27.9 Å². The molecule has 5 heteroatoms. The van der Waals surface area contributed by atoms with Crippen molar-refractivity contribution in [1.29, 1.82) is 0 Å². The number of rotatable bonds is 3. The topological polar surface area (TPSA) is 79.3 Å². The summed E-state index contributed by atoms with van der Waals surface area (Å²) < 4.78 is 0. The van der Waals surface area contributed by atoms with Crippen LogP contribution in [-0.4, -0.2) is 21.8 Å². The molecule has 1 aliphatic heterocycles. The number of Topliss-reactive ketones (excluding diaryl/α,β-unsaturated/α-hetero) is 1. The molecule has 3 rings (SSSR count). The number of amides is 1. The number of aliphatic hydroxyl groups is 1. The SMILES string of the molecule is Cc1ccc2c(c1)[C@@](O)(CC(=O)c1cccnc1)C(=O)N2. The maximum atomic E-state index is 12.3. The van der Waals surface area contributed by atoms with Crippen LogP contribution in [0.5, 0.6) is 0 Å². The van der Waals surface area contributed by atoms with Crippen molar-refractivity contribution in [2.75, 3.05) is 5.32 Å². The standard InChI is InChI=1S/C16H14N2O3/c1-10-4-5-13-12(7-10)16(21,15(20)18-13)8-14(19)11-3-2-6-17-9-11/h2-7,9,21H,8H2,1H3,(H,18,20)/t16-/m0/s1. The second kappa shape index (κ2) is 4.79. The van der Waals surface area contributed by atoms with Crippen molar-refractivity contribution in [2.24, 2.45) is 0 Å². The molecular formula is C16H14N2O3. The molecule has 0 spiro atoms. The van der Waals surface area contributed by atoms with Crippen molar-refractivity contribution in [1.82, 2.24) is 4.98 Å². The molecule has 0 saturated carbocycles. The molecule has 106 valence electrons. The van der Waals surface area contributed by atoms with Gasteiger partial charge in [0.05, 0.1) is 6.42 Å². The maximum absolute atomic E-state index is 12.3. The molecule has 0 fully saturated rings. The van der Waals surface area contributed by atoms with Crippen LogP contribution in [0, 0.1) is 6.92 Å². The quantitative estimate of drug-likeness (QED) is 0.841. The van der Waals surface area contributed by atoms with Crippen molar-refractivity contribution in [2.45, 2.75) is 18.9 Å². The van der Waals surface area contributed by atoms with Gasteiger partial charge in [0.1, 0.15) is 0 Å². The van der Waals surface area contributed by atoms with Gasteiger partial charge in [-0.05, 0) is 25.1 Å². The van der Waals surface area contributed by atoms with Crippen LogP contribution in [0.2, 0.25) is 0 Å². The highest BCUT2D eigenvalue weighted by Crippen LogP contribution is 2.39. The van der Waals surface area contributed by atoms with E-state index in [0.717, 1.165) is 5.56 Å². The van der Waals surface area contributed by atoms with E-state index in [1.54, 1.807) is 30.5 Å². The number of carbonyl (C=O) groups excluding carboxylic acids is 2. The molecule has 1 atom stereocenters. The number of hydrogen-bond acceptors (Lipinski definition) is 4. The van der Waals surface area contributed by atoms with E-state index in [-0.39, 0.29) is 12.2 Å². The maximum Gasteiger partial charge on any atom is 0.261 e. The molecule has 21 heavy (non-hydrogen) atoms. The molecule has 2 N–H and O–H groups in total. The average Bonchev–Trinajstić information content (AvgIpc) is 2.72. The normalized spacial score (nSPS) is 20.0. The average molecular weight is 282 g/mol. The molecule has 0 saturated heterocycles. The smallest absolute Gasteiger partial charge is 0.261 e. The summed E-state index contributed by atoms with van der Waals surface area (Å²) in [6.07, 6.45) is 2.68. The molecule has 1 amide bonds. The van der Waals surface area contributed by atoms with E-state index < -0.39 is 11.5 Å². The highest BCUT2D eigenvalue weighted by molar-refractivity contribution is 6.09. The molecule has 5 nitrogen and oxygen atoms in total. The van der Waals surface area contributed by atoms with Crippen molar-refractivity contribution in [3.63, 3.8) is 0 Å². The Balaban J connectivity index is 1.97. The zero-order chi connectivity index (χ0) is 15.0. The van der Waals surface area contributed by atoms with E-state index in [9.17, 15) is 14.7 Å². The Kier molecular flexibility index (Phi) is 3.07. The van der Waals surface area contributed by atoms with Crippen LogP contribution < -0.4 is 5.32 Å². The molecule has 0 unspecified atom stereocenters. The van der Waals surface area contributed by atoms with Crippen molar-refractivity contribution < 1.29 is 14.7 Å². The molecule has 2 heterocycles. The molecule has 0 aliphatic carbocycles.